The molecule has 2 aromatic carbocycles. The number of thioether (sulfide) groups is 1. The Kier molecular flexibility index (Phi) is 5.30. The summed E-state index contributed by atoms with van der Waals surface area (Å²) in [6.07, 6.45) is 3.56. The summed E-state index contributed by atoms with van der Waals surface area (Å²) >= 11 is 1.71. The quantitative estimate of drug-likeness (QED) is 0.628. The van der Waals surface area contributed by atoms with Gasteiger partial charge in [-0.2, -0.15) is 5.10 Å². The van der Waals surface area contributed by atoms with E-state index in [9.17, 15) is 4.79 Å². The molecule has 1 heterocycles. The van der Waals surface area contributed by atoms with E-state index >= 15 is 0 Å². The molecular formula is C22H23N3OS. The van der Waals surface area contributed by atoms with Gasteiger partial charge in [-0.15, -0.1) is 11.8 Å². The average Bonchev–Trinajstić information content (AvgIpc) is 3.27. The van der Waals surface area contributed by atoms with Crippen molar-refractivity contribution in [3.05, 3.63) is 71.4 Å². The Hall–Kier alpha value is -2.53. The SMILES string of the molecule is Cc1ccc(SCCC(=O)Nc2c3c(nn2-c2ccccc2)CCC3)cc1. The van der Waals surface area contributed by atoms with Gasteiger partial charge in [0, 0.05) is 22.6 Å². The fourth-order valence-corrected chi connectivity index (χ4v) is 4.22. The van der Waals surface area contributed by atoms with Crippen LogP contribution in [0.15, 0.2) is 59.5 Å². The molecule has 3 aromatic rings. The molecule has 5 heteroatoms. The molecule has 1 aliphatic carbocycles. The smallest absolute Gasteiger partial charge is 0.226 e. The van der Waals surface area contributed by atoms with E-state index in [0.717, 1.165) is 42.2 Å². The molecule has 0 saturated carbocycles. The molecule has 4 rings (SSSR count). The van der Waals surface area contributed by atoms with E-state index in [-0.39, 0.29) is 5.91 Å². The van der Waals surface area contributed by atoms with Gasteiger partial charge in [-0.05, 0) is 50.5 Å². The number of fused-ring (bicyclic) bond motifs is 1. The Balaban J connectivity index is 1.44. The molecule has 0 atom stereocenters. The number of carbonyl (C=O) groups is 1. The summed E-state index contributed by atoms with van der Waals surface area (Å²) in [6.45, 7) is 2.08. The molecule has 1 aromatic heterocycles. The number of carbonyl (C=O) groups excluding carboxylic acids is 1. The van der Waals surface area contributed by atoms with Crippen LogP contribution in [-0.4, -0.2) is 21.4 Å². The highest BCUT2D eigenvalue weighted by Gasteiger charge is 2.24. The fourth-order valence-electron chi connectivity index (χ4n) is 3.37. The highest BCUT2D eigenvalue weighted by atomic mass is 32.2. The number of hydrogen-bond acceptors (Lipinski definition) is 3. The first-order chi connectivity index (χ1) is 13.2. The van der Waals surface area contributed by atoms with Crippen LogP contribution in [0.2, 0.25) is 0 Å². The Morgan fingerprint density at radius 3 is 2.67 bits per heavy atom. The van der Waals surface area contributed by atoms with E-state index in [4.69, 9.17) is 5.10 Å². The van der Waals surface area contributed by atoms with Crippen molar-refractivity contribution in [3.8, 4) is 5.69 Å². The second-order valence-electron chi connectivity index (χ2n) is 6.83. The third kappa shape index (κ3) is 4.08. The van der Waals surface area contributed by atoms with Crippen molar-refractivity contribution in [1.29, 1.82) is 0 Å². The number of nitrogens with zero attached hydrogens (tertiary/aromatic N) is 2. The second kappa shape index (κ2) is 8.01. The molecule has 1 N–H and O–H groups in total. The minimum Gasteiger partial charge on any atom is -0.310 e. The van der Waals surface area contributed by atoms with E-state index in [1.165, 1.54) is 16.0 Å². The number of benzene rings is 2. The van der Waals surface area contributed by atoms with Crippen LogP contribution in [0.5, 0.6) is 0 Å². The van der Waals surface area contributed by atoms with E-state index in [2.05, 4.69) is 36.5 Å². The molecule has 138 valence electrons. The van der Waals surface area contributed by atoms with Crippen LogP contribution in [0.1, 0.15) is 29.7 Å². The van der Waals surface area contributed by atoms with Gasteiger partial charge in [0.1, 0.15) is 5.82 Å². The first kappa shape index (κ1) is 17.9. The maximum Gasteiger partial charge on any atom is 0.226 e. The average molecular weight is 378 g/mol. The van der Waals surface area contributed by atoms with Crippen LogP contribution in [0, 0.1) is 6.92 Å². The van der Waals surface area contributed by atoms with Gasteiger partial charge in [0.25, 0.3) is 0 Å². The summed E-state index contributed by atoms with van der Waals surface area (Å²) in [4.78, 5) is 13.8. The highest BCUT2D eigenvalue weighted by Crippen LogP contribution is 2.31. The largest absolute Gasteiger partial charge is 0.310 e. The summed E-state index contributed by atoms with van der Waals surface area (Å²) in [5.41, 5.74) is 4.54. The number of hydrogen-bond donors (Lipinski definition) is 1. The lowest BCUT2D eigenvalue weighted by atomic mass is 10.2. The number of rotatable bonds is 6. The van der Waals surface area contributed by atoms with E-state index in [1.54, 1.807) is 11.8 Å². The zero-order valence-corrected chi connectivity index (χ0v) is 16.3. The lowest BCUT2D eigenvalue weighted by Gasteiger charge is -2.11. The predicted molar refractivity (Wildman–Crippen MR) is 111 cm³/mol. The van der Waals surface area contributed by atoms with Crippen LogP contribution >= 0.6 is 11.8 Å². The number of para-hydroxylation sites is 1. The summed E-state index contributed by atoms with van der Waals surface area (Å²) < 4.78 is 1.88. The second-order valence-corrected chi connectivity index (χ2v) is 8.00. The van der Waals surface area contributed by atoms with Gasteiger partial charge in [0.05, 0.1) is 11.4 Å². The van der Waals surface area contributed by atoms with Crippen LogP contribution in [-0.2, 0) is 17.6 Å². The van der Waals surface area contributed by atoms with Crippen molar-refractivity contribution in [2.24, 2.45) is 0 Å². The zero-order chi connectivity index (χ0) is 18.6. The van der Waals surface area contributed by atoms with Gasteiger partial charge >= 0.3 is 0 Å². The van der Waals surface area contributed by atoms with Gasteiger partial charge in [-0.25, -0.2) is 4.68 Å². The lowest BCUT2D eigenvalue weighted by Crippen LogP contribution is -2.16. The maximum absolute atomic E-state index is 12.6. The predicted octanol–water partition coefficient (Wildman–Crippen LogP) is 4.79. The molecular weight excluding hydrogens is 354 g/mol. The summed E-state index contributed by atoms with van der Waals surface area (Å²) in [6, 6.07) is 18.4. The van der Waals surface area contributed by atoms with Gasteiger partial charge in [-0.3, -0.25) is 4.79 Å². The van der Waals surface area contributed by atoms with Crippen LogP contribution in [0.25, 0.3) is 5.69 Å². The highest BCUT2D eigenvalue weighted by molar-refractivity contribution is 7.99. The topological polar surface area (TPSA) is 46.9 Å². The van der Waals surface area contributed by atoms with Crippen molar-refractivity contribution in [2.45, 2.75) is 37.5 Å². The molecule has 0 radical (unpaired) electrons. The van der Waals surface area contributed by atoms with Crippen LogP contribution < -0.4 is 5.32 Å². The number of anilines is 1. The number of nitrogens with one attached hydrogen (secondary N) is 1. The molecule has 1 aliphatic rings. The molecule has 0 bridgehead atoms. The minimum atomic E-state index is 0.0430. The number of aromatic nitrogens is 2. The first-order valence-corrected chi connectivity index (χ1v) is 10.3. The number of aryl methyl sites for hydroxylation is 2. The van der Waals surface area contributed by atoms with Crippen molar-refractivity contribution < 1.29 is 4.79 Å². The van der Waals surface area contributed by atoms with Crippen molar-refractivity contribution in [1.82, 2.24) is 9.78 Å². The van der Waals surface area contributed by atoms with Gasteiger partial charge in [-0.1, -0.05) is 35.9 Å². The van der Waals surface area contributed by atoms with E-state index in [0.29, 0.717) is 6.42 Å². The van der Waals surface area contributed by atoms with Crippen LogP contribution in [0.3, 0.4) is 0 Å². The van der Waals surface area contributed by atoms with Crippen molar-refractivity contribution in [2.75, 3.05) is 11.1 Å². The Labute approximate surface area is 164 Å². The summed E-state index contributed by atoms with van der Waals surface area (Å²) in [5, 5.41) is 7.88. The third-order valence-corrected chi connectivity index (χ3v) is 5.80. The molecule has 0 fully saturated rings. The van der Waals surface area contributed by atoms with Crippen molar-refractivity contribution >= 4 is 23.5 Å². The number of amides is 1. The maximum atomic E-state index is 12.6. The van der Waals surface area contributed by atoms with Crippen LogP contribution in [0.4, 0.5) is 5.82 Å². The summed E-state index contributed by atoms with van der Waals surface area (Å²) in [7, 11) is 0. The molecule has 27 heavy (non-hydrogen) atoms. The zero-order valence-electron chi connectivity index (χ0n) is 15.4. The molecule has 4 nitrogen and oxygen atoms in total. The Morgan fingerprint density at radius 1 is 1.11 bits per heavy atom. The lowest BCUT2D eigenvalue weighted by molar-refractivity contribution is -0.115. The Bertz CT molecular complexity index is 932. The Morgan fingerprint density at radius 2 is 1.89 bits per heavy atom. The molecule has 0 aliphatic heterocycles. The normalized spacial score (nSPS) is 12.8. The first-order valence-electron chi connectivity index (χ1n) is 9.36. The molecule has 0 spiro atoms. The van der Waals surface area contributed by atoms with Gasteiger partial charge < -0.3 is 5.32 Å². The van der Waals surface area contributed by atoms with Gasteiger partial charge in [0.2, 0.25) is 5.91 Å². The van der Waals surface area contributed by atoms with E-state index in [1.807, 2.05) is 35.0 Å². The fraction of sp³-hybridized carbons (Fsp3) is 0.273. The minimum absolute atomic E-state index is 0.0430. The third-order valence-electron chi connectivity index (χ3n) is 4.78. The van der Waals surface area contributed by atoms with E-state index < -0.39 is 0 Å². The van der Waals surface area contributed by atoms with Gasteiger partial charge in [0.15, 0.2) is 0 Å². The monoisotopic (exact) mass is 377 g/mol. The van der Waals surface area contributed by atoms with Crippen molar-refractivity contribution in [3.63, 3.8) is 0 Å². The molecule has 0 saturated heterocycles. The molecule has 1 amide bonds. The molecule has 0 unspecified atom stereocenters. The summed E-state index contributed by atoms with van der Waals surface area (Å²) in [5.74, 6) is 1.65. The standard InChI is InChI=1S/C22H23N3OS/c1-16-10-12-18(13-11-16)27-15-14-21(26)23-22-19-8-5-9-20(19)24-25(22)17-6-3-2-4-7-17/h2-4,6-7,10-13H,5,8-9,14-15H2,1H3,(H,23,26).